The summed E-state index contributed by atoms with van der Waals surface area (Å²) in [7, 11) is 0. The van der Waals surface area contributed by atoms with E-state index in [0.717, 1.165) is 10.5 Å². The molecule has 188 valence electrons. The number of nitrogens with one attached hydrogen (secondary N) is 2. The molecule has 2 aliphatic heterocycles. The Morgan fingerprint density at radius 2 is 1.92 bits per heavy atom. The number of hydrogen-bond donors (Lipinski definition) is 2. The number of hydrogen-bond acceptors (Lipinski definition) is 5. The molecule has 5 rings (SSSR count). The molecule has 0 spiro atoms. The standard InChI is InChI=1S/C24H22ClF2N5O4/c25-13-1-6-19-30-21(22(27)31(19)12-13)24(35)32-15-3-4-16(32)11-29-23(34)17-9-14(26)2-5-18(17)36-8-7-28-20(33)10-15/h1-2,5-6,9,12,15-16H,3-4,7-8,10-11H2,(H,28,33)(H,29,34)/t15-,16+/m0/s1. The van der Waals surface area contributed by atoms with E-state index in [1.807, 2.05) is 0 Å². The summed E-state index contributed by atoms with van der Waals surface area (Å²) in [4.78, 5) is 44.6. The van der Waals surface area contributed by atoms with Crippen LogP contribution >= 0.6 is 11.6 Å². The third-order valence-corrected chi connectivity index (χ3v) is 6.59. The molecule has 12 heteroatoms. The van der Waals surface area contributed by atoms with E-state index in [4.69, 9.17) is 16.3 Å². The number of aromatic nitrogens is 2. The highest BCUT2D eigenvalue weighted by atomic mass is 35.5. The van der Waals surface area contributed by atoms with E-state index in [1.165, 1.54) is 35.4 Å². The van der Waals surface area contributed by atoms with Crippen molar-refractivity contribution < 1.29 is 27.9 Å². The van der Waals surface area contributed by atoms with Gasteiger partial charge in [0.2, 0.25) is 11.9 Å². The van der Waals surface area contributed by atoms with Crippen molar-refractivity contribution in [3.05, 3.63) is 64.6 Å². The number of imidazole rings is 1. The molecule has 4 heterocycles. The molecule has 3 aromatic rings. The normalized spacial score (nSPS) is 20.8. The third-order valence-electron chi connectivity index (χ3n) is 6.37. The zero-order chi connectivity index (χ0) is 25.4. The summed E-state index contributed by atoms with van der Waals surface area (Å²) in [6.07, 6.45) is 2.26. The van der Waals surface area contributed by atoms with Gasteiger partial charge in [-0.05, 0) is 43.2 Å². The summed E-state index contributed by atoms with van der Waals surface area (Å²) in [6, 6.07) is 5.55. The first-order valence-corrected chi connectivity index (χ1v) is 11.8. The van der Waals surface area contributed by atoms with Crippen LogP contribution in [0.25, 0.3) is 5.65 Å². The van der Waals surface area contributed by atoms with Gasteiger partial charge in [0.05, 0.1) is 17.1 Å². The van der Waals surface area contributed by atoms with E-state index in [2.05, 4.69) is 15.6 Å². The second-order valence-corrected chi connectivity index (χ2v) is 9.11. The van der Waals surface area contributed by atoms with Gasteiger partial charge in [-0.3, -0.25) is 18.8 Å². The van der Waals surface area contributed by atoms with Gasteiger partial charge < -0.3 is 20.3 Å². The number of benzene rings is 1. The second kappa shape index (κ2) is 9.73. The fraction of sp³-hybridized carbons (Fsp3) is 0.333. The van der Waals surface area contributed by atoms with E-state index in [9.17, 15) is 18.8 Å². The van der Waals surface area contributed by atoms with Crippen molar-refractivity contribution in [2.75, 3.05) is 19.7 Å². The Morgan fingerprint density at radius 3 is 2.75 bits per heavy atom. The largest absolute Gasteiger partial charge is 0.491 e. The maximum atomic E-state index is 15.2. The number of pyridine rings is 1. The Morgan fingerprint density at radius 1 is 1.11 bits per heavy atom. The fourth-order valence-corrected chi connectivity index (χ4v) is 4.85. The van der Waals surface area contributed by atoms with Gasteiger partial charge in [-0.1, -0.05) is 11.6 Å². The minimum atomic E-state index is -0.869. The summed E-state index contributed by atoms with van der Waals surface area (Å²) >= 11 is 5.96. The number of ether oxygens (including phenoxy) is 1. The van der Waals surface area contributed by atoms with Gasteiger partial charge >= 0.3 is 0 Å². The van der Waals surface area contributed by atoms with Crippen molar-refractivity contribution in [3.63, 3.8) is 0 Å². The summed E-state index contributed by atoms with van der Waals surface area (Å²) in [6.45, 7) is 0.214. The van der Waals surface area contributed by atoms with Crippen LogP contribution in [0.1, 0.15) is 40.1 Å². The molecule has 2 N–H and O–H groups in total. The van der Waals surface area contributed by atoms with Crippen molar-refractivity contribution in [3.8, 4) is 5.75 Å². The molecule has 3 amide bonds. The number of nitrogens with zero attached hydrogens (tertiary/aromatic N) is 3. The highest BCUT2D eigenvalue weighted by Gasteiger charge is 2.40. The summed E-state index contributed by atoms with van der Waals surface area (Å²) in [5.41, 5.74) is -0.198. The lowest BCUT2D eigenvalue weighted by Gasteiger charge is -2.30. The molecule has 2 aromatic heterocycles. The number of carbonyl (C=O) groups excluding carboxylic acids is 3. The molecule has 1 aromatic carbocycles. The lowest BCUT2D eigenvalue weighted by atomic mass is 10.1. The minimum Gasteiger partial charge on any atom is -0.491 e. The highest BCUT2D eigenvalue weighted by molar-refractivity contribution is 6.30. The van der Waals surface area contributed by atoms with Gasteiger partial charge in [-0.2, -0.15) is 4.39 Å². The van der Waals surface area contributed by atoms with E-state index >= 15 is 4.39 Å². The quantitative estimate of drug-likeness (QED) is 0.516. The van der Waals surface area contributed by atoms with Crippen LogP contribution < -0.4 is 15.4 Å². The molecule has 0 aliphatic carbocycles. The van der Waals surface area contributed by atoms with Crippen molar-refractivity contribution in [1.82, 2.24) is 24.9 Å². The molecule has 0 radical (unpaired) electrons. The Bertz CT molecular complexity index is 1360. The van der Waals surface area contributed by atoms with Gasteiger partial charge in [0.25, 0.3) is 11.8 Å². The van der Waals surface area contributed by atoms with Crippen LogP contribution in [-0.2, 0) is 4.79 Å². The molecule has 1 fully saturated rings. The molecular formula is C24H22ClF2N5O4. The van der Waals surface area contributed by atoms with Gasteiger partial charge in [0, 0.05) is 31.2 Å². The van der Waals surface area contributed by atoms with Crippen molar-refractivity contribution in [2.24, 2.45) is 0 Å². The average molecular weight is 518 g/mol. The monoisotopic (exact) mass is 517 g/mol. The number of halogens is 3. The molecular weight excluding hydrogens is 496 g/mol. The molecule has 2 aliphatic rings. The third kappa shape index (κ3) is 4.58. The Kier molecular flexibility index (Phi) is 6.48. The Hall–Kier alpha value is -3.73. The lowest BCUT2D eigenvalue weighted by Crippen LogP contribution is -2.48. The topological polar surface area (TPSA) is 105 Å². The van der Waals surface area contributed by atoms with Crippen LogP contribution in [0.15, 0.2) is 36.5 Å². The van der Waals surface area contributed by atoms with E-state index in [0.29, 0.717) is 12.8 Å². The van der Waals surface area contributed by atoms with Crippen LogP contribution in [0.5, 0.6) is 5.75 Å². The predicted molar refractivity (Wildman–Crippen MR) is 125 cm³/mol. The second-order valence-electron chi connectivity index (χ2n) is 8.68. The summed E-state index contributed by atoms with van der Waals surface area (Å²) in [5.74, 6) is -2.88. The van der Waals surface area contributed by atoms with Crippen LogP contribution in [0.2, 0.25) is 5.02 Å². The maximum absolute atomic E-state index is 15.2. The van der Waals surface area contributed by atoms with E-state index < -0.39 is 41.4 Å². The predicted octanol–water partition coefficient (Wildman–Crippen LogP) is 2.57. The van der Waals surface area contributed by atoms with Crippen molar-refractivity contribution in [2.45, 2.75) is 31.3 Å². The van der Waals surface area contributed by atoms with Gasteiger partial charge in [-0.25, -0.2) is 9.37 Å². The SMILES string of the molecule is O=C1C[C@@H]2CC[C@H](CNC(=O)c3cc(F)ccc3OCCN1)N2C(=O)c1nc2ccc(Cl)cn2c1F. The zero-order valence-electron chi connectivity index (χ0n) is 19.0. The van der Waals surface area contributed by atoms with E-state index in [1.54, 1.807) is 0 Å². The van der Waals surface area contributed by atoms with Gasteiger partial charge in [-0.15, -0.1) is 0 Å². The summed E-state index contributed by atoms with van der Waals surface area (Å²) < 4.78 is 35.7. The lowest BCUT2D eigenvalue weighted by molar-refractivity contribution is -0.122. The van der Waals surface area contributed by atoms with Crippen LogP contribution in [0, 0.1) is 11.8 Å². The molecule has 36 heavy (non-hydrogen) atoms. The molecule has 9 nitrogen and oxygen atoms in total. The first-order chi connectivity index (χ1) is 17.3. The first kappa shape index (κ1) is 24.0. The maximum Gasteiger partial charge on any atom is 0.277 e. The minimum absolute atomic E-state index is 0.00119. The fourth-order valence-electron chi connectivity index (χ4n) is 4.69. The number of amides is 3. The van der Waals surface area contributed by atoms with Crippen molar-refractivity contribution in [1.29, 1.82) is 0 Å². The van der Waals surface area contributed by atoms with Gasteiger partial charge in [0.15, 0.2) is 5.69 Å². The molecule has 0 unspecified atom stereocenters. The molecule has 2 bridgehead atoms. The first-order valence-electron chi connectivity index (χ1n) is 11.4. The van der Waals surface area contributed by atoms with Crippen LogP contribution in [0.3, 0.4) is 0 Å². The van der Waals surface area contributed by atoms with E-state index in [-0.39, 0.29) is 54.0 Å². The molecule has 0 saturated carbocycles. The smallest absolute Gasteiger partial charge is 0.277 e. The van der Waals surface area contributed by atoms with Crippen LogP contribution in [-0.4, -0.2) is 63.8 Å². The summed E-state index contributed by atoms with van der Waals surface area (Å²) in [5, 5.41) is 5.73. The number of carbonyl (C=O) groups is 3. The van der Waals surface area contributed by atoms with Crippen molar-refractivity contribution >= 4 is 35.0 Å². The number of fused-ring (bicyclic) bond motifs is 4. The highest BCUT2D eigenvalue weighted by Crippen LogP contribution is 2.30. The number of rotatable bonds is 1. The average Bonchev–Trinajstić information content (AvgIpc) is 3.40. The zero-order valence-corrected chi connectivity index (χ0v) is 19.7. The molecule has 1 saturated heterocycles. The molecule has 2 atom stereocenters. The Balaban J connectivity index is 1.47. The van der Waals surface area contributed by atoms with Crippen LogP contribution in [0.4, 0.5) is 8.78 Å². The Labute approximate surface area is 209 Å². The van der Waals surface area contributed by atoms with Gasteiger partial charge in [0.1, 0.15) is 23.8 Å².